The Morgan fingerprint density at radius 1 is 0.897 bits per heavy atom. The highest BCUT2D eigenvalue weighted by atomic mass is 35.5. The van der Waals surface area contributed by atoms with Crippen molar-refractivity contribution in [1.29, 1.82) is 0 Å². The molecule has 0 spiro atoms. The lowest BCUT2D eigenvalue weighted by Gasteiger charge is -2.34. The van der Waals surface area contributed by atoms with E-state index in [2.05, 4.69) is 5.32 Å². The molecule has 7 nitrogen and oxygen atoms in total. The van der Waals surface area contributed by atoms with E-state index in [0.29, 0.717) is 5.02 Å². The number of nitrogens with one attached hydrogen (secondary N) is 1. The van der Waals surface area contributed by atoms with Crippen LogP contribution in [0.15, 0.2) is 83.8 Å². The fourth-order valence-electron chi connectivity index (χ4n) is 4.05. The average molecular weight is 570 g/mol. The van der Waals surface area contributed by atoms with Crippen molar-refractivity contribution in [2.24, 2.45) is 0 Å². The normalized spacial score (nSPS) is 12.7. The Morgan fingerprint density at radius 3 is 2.05 bits per heavy atom. The molecule has 0 saturated heterocycles. The highest BCUT2D eigenvalue weighted by Crippen LogP contribution is 2.20. The molecule has 0 aliphatic carbocycles. The Balaban J connectivity index is 1.98. The molecule has 3 aromatic rings. The molecule has 39 heavy (non-hydrogen) atoms. The third-order valence-corrected chi connectivity index (χ3v) is 8.19. The molecule has 0 saturated carbocycles. The van der Waals surface area contributed by atoms with Gasteiger partial charge in [-0.1, -0.05) is 71.8 Å². The molecule has 208 valence electrons. The number of nitrogens with zero attached hydrogens (tertiary/aromatic N) is 2. The number of halogens is 1. The maximum absolute atomic E-state index is 13.9. The number of amides is 2. The number of rotatable bonds is 10. The van der Waals surface area contributed by atoms with E-state index in [1.165, 1.54) is 36.2 Å². The molecule has 1 atom stereocenters. The van der Waals surface area contributed by atoms with Gasteiger partial charge >= 0.3 is 0 Å². The minimum atomic E-state index is -3.97. The standard InChI is InChI=1S/C30H36ClN3O4S/c1-22-11-13-24(14-12-22)20-34(27(29(36)32-30(2,3)4)19-23-9-7-6-8-10-23)28(35)21-33(5)39(37,38)26-17-15-25(31)16-18-26/h6-18,27H,19-21H2,1-5H3,(H,32,36). The summed E-state index contributed by atoms with van der Waals surface area (Å²) in [7, 11) is -2.62. The maximum atomic E-state index is 13.9. The van der Waals surface area contributed by atoms with Crippen LogP contribution in [0.3, 0.4) is 0 Å². The van der Waals surface area contributed by atoms with Crippen molar-refractivity contribution < 1.29 is 18.0 Å². The van der Waals surface area contributed by atoms with Gasteiger partial charge in [0.25, 0.3) is 0 Å². The molecule has 1 N–H and O–H groups in total. The molecule has 9 heteroatoms. The molecule has 0 heterocycles. The van der Waals surface area contributed by atoms with Gasteiger partial charge in [-0.05, 0) is 63.1 Å². The fraction of sp³-hybridized carbons (Fsp3) is 0.333. The van der Waals surface area contributed by atoms with Gasteiger partial charge in [-0.15, -0.1) is 0 Å². The van der Waals surface area contributed by atoms with Crippen molar-refractivity contribution >= 4 is 33.4 Å². The zero-order valence-electron chi connectivity index (χ0n) is 23.0. The molecule has 1 unspecified atom stereocenters. The lowest BCUT2D eigenvalue weighted by atomic mass is 10.0. The van der Waals surface area contributed by atoms with Crippen molar-refractivity contribution in [1.82, 2.24) is 14.5 Å². The van der Waals surface area contributed by atoms with E-state index in [0.717, 1.165) is 21.0 Å². The van der Waals surface area contributed by atoms with Gasteiger partial charge < -0.3 is 10.2 Å². The highest BCUT2D eigenvalue weighted by molar-refractivity contribution is 7.89. The summed E-state index contributed by atoms with van der Waals surface area (Å²) in [4.78, 5) is 29.0. The Labute approximate surface area is 236 Å². The molecule has 3 aromatic carbocycles. The SMILES string of the molecule is Cc1ccc(CN(C(=O)CN(C)S(=O)(=O)c2ccc(Cl)cc2)C(Cc2ccccc2)C(=O)NC(C)(C)C)cc1. The molecule has 0 aliphatic rings. The van der Waals surface area contributed by atoms with Gasteiger partial charge in [0.2, 0.25) is 21.8 Å². The van der Waals surface area contributed by atoms with E-state index >= 15 is 0 Å². The molecular formula is C30H36ClN3O4S. The third-order valence-electron chi connectivity index (χ3n) is 6.12. The zero-order valence-corrected chi connectivity index (χ0v) is 24.6. The van der Waals surface area contributed by atoms with Crippen LogP contribution in [0.5, 0.6) is 0 Å². The van der Waals surface area contributed by atoms with Crippen molar-refractivity contribution in [2.45, 2.75) is 57.1 Å². The van der Waals surface area contributed by atoms with Crippen LogP contribution in [0.25, 0.3) is 0 Å². The lowest BCUT2D eigenvalue weighted by molar-refractivity contribution is -0.141. The first-order valence-electron chi connectivity index (χ1n) is 12.7. The van der Waals surface area contributed by atoms with E-state index in [1.54, 1.807) is 0 Å². The Bertz CT molecular complexity index is 1370. The van der Waals surface area contributed by atoms with Gasteiger partial charge in [-0.2, -0.15) is 4.31 Å². The maximum Gasteiger partial charge on any atom is 0.243 e. The van der Waals surface area contributed by atoms with Crippen molar-refractivity contribution in [2.75, 3.05) is 13.6 Å². The summed E-state index contributed by atoms with van der Waals surface area (Å²) in [5.41, 5.74) is 2.25. The molecule has 0 fully saturated rings. The van der Waals surface area contributed by atoms with Crippen LogP contribution in [0.4, 0.5) is 0 Å². The van der Waals surface area contributed by atoms with Gasteiger partial charge in [0.05, 0.1) is 11.4 Å². The van der Waals surface area contributed by atoms with E-state index in [1.807, 2.05) is 82.3 Å². The quantitative estimate of drug-likeness (QED) is 0.379. The topological polar surface area (TPSA) is 86.8 Å². The average Bonchev–Trinajstić information content (AvgIpc) is 2.87. The van der Waals surface area contributed by atoms with Crippen LogP contribution in [0, 0.1) is 6.92 Å². The minimum Gasteiger partial charge on any atom is -0.350 e. The summed E-state index contributed by atoms with van der Waals surface area (Å²) in [6, 6.07) is 22.1. The Hall–Kier alpha value is -3.20. The third kappa shape index (κ3) is 8.65. The van der Waals surface area contributed by atoms with Gasteiger partial charge in [-0.25, -0.2) is 8.42 Å². The van der Waals surface area contributed by atoms with E-state index in [4.69, 9.17) is 11.6 Å². The van der Waals surface area contributed by atoms with Crippen LogP contribution < -0.4 is 5.32 Å². The van der Waals surface area contributed by atoms with E-state index < -0.39 is 34.1 Å². The minimum absolute atomic E-state index is 0.0265. The number of hydrogen-bond donors (Lipinski definition) is 1. The van der Waals surface area contributed by atoms with Crippen LogP contribution in [-0.2, 0) is 32.6 Å². The summed E-state index contributed by atoms with van der Waals surface area (Å²) in [6.45, 7) is 7.31. The predicted molar refractivity (Wildman–Crippen MR) is 155 cm³/mol. The second-order valence-electron chi connectivity index (χ2n) is 10.7. The molecular weight excluding hydrogens is 534 g/mol. The van der Waals surface area contributed by atoms with Gasteiger partial charge in [-0.3, -0.25) is 9.59 Å². The smallest absolute Gasteiger partial charge is 0.243 e. The van der Waals surface area contributed by atoms with Crippen molar-refractivity contribution in [3.8, 4) is 0 Å². The van der Waals surface area contributed by atoms with E-state index in [9.17, 15) is 18.0 Å². The Kier molecular flexibility index (Phi) is 9.93. The number of aryl methyl sites for hydroxylation is 1. The van der Waals surface area contributed by atoms with Crippen LogP contribution in [0.1, 0.15) is 37.5 Å². The second kappa shape index (κ2) is 12.8. The monoisotopic (exact) mass is 569 g/mol. The first-order valence-corrected chi connectivity index (χ1v) is 14.5. The first-order chi connectivity index (χ1) is 18.3. The highest BCUT2D eigenvalue weighted by Gasteiger charge is 2.34. The van der Waals surface area contributed by atoms with Crippen LogP contribution in [-0.4, -0.2) is 54.6 Å². The fourth-order valence-corrected chi connectivity index (χ4v) is 5.30. The molecule has 3 rings (SSSR count). The number of benzene rings is 3. The first kappa shape index (κ1) is 30.3. The number of hydrogen-bond acceptors (Lipinski definition) is 4. The second-order valence-corrected chi connectivity index (χ2v) is 13.1. The number of likely N-dealkylation sites (N-methyl/N-ethyl adjacent to an activating group) is 1. The molecule has 0 aromatic heterocycles. The molecule has 2 amide bonds. The van der Waals surface area contributed by atoms with Crippen LogP contribution >= 0.6 is 11.6 Å². The summed E-state index contributed by atoms with van der Waals surface area (Å²) in [6.07, 6.45) is 0.272. The largest absolute Gasteiger partial charge is 0.350 e. The van der Waals surface area contributed by atoms with Crippen molar-refractivity contribution in [3.63, 3.8) is 0 Å². The van der Waals surface area contributed by atoms with Gasteiger partial charge in [0, 0.05) is 30.6 Å². The van der Waals surface area contributed by atoms with Gasteiger partial charge in [0.15, 0.2) is 0 Å². The molecule has 0 radical (unpaired) electrons. The molecule has 0 bridgehead atoms. The summed E-state index contributed by atoms with van der Waals surface area (Å²) in [5.74, 6) is -0.796. The lowest BCUT2D eigenvalue weighted by Crippen LogP contribution is -2.56. The number of carbonyl (C=O) groups is 2. The zero-order chi connectivity index (χ0) is 28.8. The van der Waals surface area contributed by atoms with E-state index in [-0.39, 0.29) is 23.8 Å². The number of carbonyl (C=O) groups excluding carboxylic acids is 2. The van der Waals surface area contributed by atoms with Gasteiger partial charge in [0.1, 0.15) is 6.04 Å². The predicted octanol–water partition coefficient (Wildman–Crippen LogP) is 4.82. The summed E-state index contributed by atoms with van der Waals surface area (Å²) < 4.78 is 27.4. The van der Waals surface area contributed by atoms with Crippen LogP contribution in [0.2, 0.25) is 5.02 Å². The Morgan fingerprint density at radius 2 is 1.49 bits per heavy atom. The summed E-state index contributed by atoms with van der Waals surface area (Å²) >= 11 is 5.92. The summed E-state index contributed by atoms with van der Waals surface area (Å²) in [5, 5.41) is 3.42. The molecule has 0 aliphatic heterocycles. The number of sulfonamides is 1. The van der Waals surface area contributed by atoms with Crippen molar-refractivity contribution in [3.05, 3.63) is 101 Å².